The van der Waals surface area contributed by atoms with Crippen molar-refractivity contribution in [3.8, 4) is 5.75 Å². The zero-order valence-corrected chi connectivity index (χ0v) is 16.6. The molecule has 0 aromatic heterocycles. The number of hydrogen-bond donors (Lipinski definition) is 1. The van der Waals surface area contributed by atoms with Gasteiger partial charge in [0.1, 0.15) is 5.75 Å². The second-order valence-corrected chi connectivity index (χ2v) is 7.54. The maximum Gasteiger partial charge on any atom is 0.227 e. The van der Waals surface area contributed by atoms with Gasteiger partial charge in [0.05, 0.1) is 13.0 Å². The van der Waals surface area contributed by atoms with Crippen LogP contribution in [0.2, 0.25) is 0 Å². The molecule has 0 saturated heterocycles. The molecule has 2 N–H and O–H groups in total. The Labute approximate surface area is 155 Å². The Morgan fingerprint density at radius 2 is 2.17 bits per heavy atom. The molecule has 2 rings (SSSR count). The van der Waals surface area contributed by atoms with Crippen molar-refractivity contribution in [1.29, 1.82) is 0 Å². The van der Waals surface area contributed by atoms with Crippen molar-refractivity contribution >= 4 is 30.1 Å². The van der Waals surface area contributed by atoms with Crippen LogP contribution in [0.4, 0.5) is 0 Å². The smallest absolute Gasteiger partial charge is 0.227 e. The highest BCUT2D eigenvalue weighted by atomic mass is 35.5. The highest BCUT2D eigenvalue weighted by molar-refractivity contribution is 7.98. The van der Waals surface area contributed by atoms with E-state index in [-0.39, 0.29) is 29.8 Å². The Kier molecular flexibility index (Phi) is 7.90. The van der Waals surface area contributed by atoms with Crippen molar-refractivity contribution in [3.05, 3.63) is 23.8 Å². The van der Waals surface area contributed by atoms with Crippen LogP contribution in [0.5, 0.6) is 5.75 Å². The van der Waals surface area contributed by atoms with E-state index in [0.717, 1.165) is 41.9 Å². The molecule has 136 valence electrons. The molecular formula is C18H29ClN2O2S. The van der Waals surface area contributed by atoms with Gasteiger partial charge in [-0.05, 0) is 43.7 Å². The van der Waals surface area contributed by atoms with E-state index in [2.05, 4.69) is 6.07 Å². The van der Waals surface area contributed by atoms with Gasteiger partial charge in [0.25, 0.3) is 0 Å². The van der Waals surface area contributed by atoms with Gasteiger partial charge in [0, 0.05) is 24.0 Å². The summed E-state index contributed by atoms with van der Waals surface area (Å²) in [5.74, 6) is 0.938. The summed E-state index contributed by atoms with van der Waals surface area (Å²) in [6.07, 6.45) is 6.05. The molecule has 4 nitrogen and oxygen atoms in total. The van der Waals surface area contributed by atoms with Crippen LogP contribution in [0.3, 0.4) is 0 Å². The molecule has 1 fully saturated rings. The normalized spacial score (nSPS) is 23.3. The van der Waals surface area contributed by atoms with E-state index in [1.807, 2.05) is 32.4 Å². The van der Waals surface area contributed by atoms with Crippen molar-refractivity contribution < 1.29 is 9.53 Å². The van der Waals surface area contributed by atoms with Gasteiger partial charge in [-0.25, -0.2) is 0 Å². The highest BCUT2D eigenvalue weighted by Crippen LogP contribution is 2.33. The van der Waals surface area contributed by atoms with Crippen LogP contribution in [0, 0.1) is 5.92 Å². The second-order valence-electron chi connectivity index (χ2n) is 6.69. The number of rotatable bonds is 5. The minimum absolute atomic E-state index is 0. The van der Waals surface area contributed by atoms with E-state index in [9.17, 15) is 4.79 Å². The summed E-state index contributed by atoms with van der Waals surface area (Å²) in [4.78, 5) is 15.7. The largest absolute Gasteiger partial charge is 0.496 e. The predicted molar refractivity (Wildman–Crippen MR) is 103 cm³/mol. The van der Waals surface area contributed by atoms with E-state index in [1.165, 1.54) is 0 Å². The molecule has 6 heteroatoms. The topological polar surface area (TPSA) is 55.6 Å². The predicted octanol–water partition coefficient (Wildman–Crippen LogP) is 3.70. The number of nitrogens with two attached hydrogens (primary N) is 1. The summed E-state index contributed by atoms with van der Waals surface area (Å²) in [7, 11) is 3.54. The van der Waals surface area contributed by atoms with E-state index in [1.54, 1.807) is 23.8 Å². The lowest BCUT2D eigenvalue weighted by atomic mass is 9.74. The first kappa shape index (κ1) is 21.1. The third-order valence-corrected chi connectivity index (χ3v) is 5.57. The fourth-order valence-electron chi connectivity index (χ4n) is 3.36. The first-order valence-corrected chi connectivity index (χ1v) is 9.36. The molecular weight excluding hydrogens is 344 g/mol. The molecule has 0 spiro atoms. The minimum atomic E-state index is -0.385. The lowest BCUT2D eigenvalue weighted by Gasteiger charge is -2.39. The van der Waals surface area contributed by atoms with Gasteiger partial charge >= 0.3 is 0 Å². The fourth-order valence-corrected chi connectivity index (χ4v) is 3.91. The average molecular weight is 373 g/mol. The molecule has 0 aliphatic heterocycles. The second kappa shape index (κ2) is 8.97. The summed E-state index contributed by atoms with van der Waals surface area (Å²) in [5, 5.41) is 0. The number of halogens is 1. The zero-order valence-electron chi connectivity index (χ0n) is 15.0. The number of methoxy groups -OCH3 is 1. The molecule has 0 radical (unpaired) electrons. The minimum Gasteiger partial charge on any atom is -0.496 e. The molecule has 1 amide bonds. The monoisotopic (exact) mass is 372 g/mol. The van der Waals surface area contributed by atoms with E-state index in [4.69, 9.17) is 10.5 Å². The molecule has 2 unspecified atom stereocenters. The zero-order chi connectivity index (χ0) is 17.0. The molecule has 1 aliphatic rings. The summed E-state index contributed by atoms with van der Waals surface area (Å²) in [6, 6.07) is 6.11. The number of ether oxygens (including phenoxy) is 1. The van der Waals surface area contributed by atoms with E-state index < -0.39 is 0 Å². The Morgan fingerprint density at radius 1 is 1.46 bits per heavy atom. The van der Waals surface area contributed by atoms with Gasteiger partial charge in [-0.15, -0.1) is 24.2 Å². The first-order chi connectivity index (χ1) is 10.9. The quantitative estimate of drug-likeness (QED) is 0.800. The summed E-state index contributed by atoms with van der Waals surface area (Å²) >= 11 is 1.65. The Morgan fingerprint density at radius 3 is 2.75 bits per heavy atom. The Balaban J connectivity index is 0.00000288. The molecule has 1 aromatic carbocycles. The van der Waals surface area contributed by atoms with Gasteiger partial charge in [-0.2, -0.15) is 0 Å². The summed E-state index contributed by atoms with van der Waals surface area (Å²) in [6.45, 7) is 2.59. The van der Waals surface area contributed by atoms with E-state index in [0.29, 0.717) is 6.54 Å². The van der Waals surface area contributed by atoms with Gasteiger partial charge in [0.15, 0.2) is 0 Å². The van der Waals surface area contributed by atoms with Crippen molar-refractivity contribution in [1.82, 2.24) is 4.90 Å². The van der Waals surface area contributed by atoms with Crippen LogP contribution in [0.1, 0.15) is 38.2 Å². The third-order valence-electron chi connectivity index (χ3n) is 4.80. The molecule has 1 aliphatic carbocycles. The number of hydrogen-bond acceptors (Lipinski definition) is 4. The van der Waals surface area contributed by atoms with Gasteiger partial charge < -0.3 is 15.4 Å². The van der Waals surface area contributed by atoms with Crippen molar-refractivity contribution in [2.75, 3.05) is 20.4 Å². The van der Waals surface area contributed by atoms with Crippen LogP contribution in [0.15, 0.2) is 23.1 Å². The number of amides is 1. The molecule has 1 aromatic rings. The fraction of sp³-hybridized carbons (Fsp3) is 0.611. The number of carbonyl (C=O) groups excluding carboxylic acids is 1. The van der Waals surface area contributed by atoms with Crippen LogP contribution in [-0.4, -0.2) is 36.8 Å². The maximum absolute atomic E-state index is 12.8. The Bertz CT molecular complexity index is 566. The highest BCUT2D eigenvalue weighted by Gasteiger charge is 2.39. The SMILES string of the molecule is COc1cc(CN(C)C(=O)C2CCCCC2(C)N)ccc1SC.Cl. The Hall–Kier alpha value is -0.910. The van der Waals surface area contributed by atoms with Crippen LogP contribution in [-0.2, 0) is 11.3 Å². The van der Waals surface area contributed by atoms with Crippen molar-refractivity contribution in [3.63, 3.8) is 0 Å². The molecule has 2 atom stereocenters. The first-order valence-electron chi connectivity index (χ1n) is 8.14. The van der Waals surface area contributed by atoms with Gasteiger partial charge in [-0.3, -0.25) is 4.79 Å². The lowest BCUT2D eigenvalue weighted by molar-refractivity contribution is -0.138. The van der Waals surface area contributed by atoms with Crippen LogP contribution >= 0.6 is 24.2 Å². The van der Waals surface area contributed by atoms with Gasteiger partial charge in [-0.1, -0.05) is 18.9 Å². The van der Waals surface area contributed by atoms with Crippen molar-refractivity contribution in [2.24, 2.45) is 11.7 Å². The maximum atomic E-state index is 12.8. The van der Waals surface area contributed by atoms with Gasteiger partial charge in [0.2, 0.25) is 5.91 Å². The number of thioether (sulfide) groups is 1. The lowest BCUT2D eigenvalue weighted by Crippen LogP contribution is -2.53. The molecule has 0 bridgehead atoms. The summed E-state index contributed by atoms with van der Waals surface area (Å²) < 4.78 is 5.42. The average Bonchev–Trinajstić information content (AvgIpc) is 2.53. The molecule has 0 heterocycles. The van der Waals surface area contributed by atoms with E-state index >= 15 is 0 Å². The third kappa shape index (κ3) is 4.80. The van der Waals surface area contributed by atoms with Crippen molar-refractivity contribution in [2.45, 2.75) is 49.6 Å². The van der Waals surface area contributed by atoms with Crippen LogP contribution < -0.4 is 10.5 Å². The number of nitrogens with zero attached hydrogens (tertiary/aromatic N) is 1. The van der Waals surface area contributed by atoms with Crippen LogP contribution in [0.25, 0.3) is 0 Å². The molecule has 1 saturated carbocycles. The number of benzene rings is 1. The summed E-state index contributed by atoms with van der Waals surface area (Å²) in [5.41, 5.74) is 7.06. The standard InChI is InChI=1S/C18H28N2O2S.ClH/c1-18(19)10-6-5-7-14(18)17(21)20(2)12-13-8-9-16(23-4)15(11-13)22-3;/h8-9,11,14H,5-7,10,12,19H2,1-4H3;1H. The number of carbonyl (C=O) groups is 1. The molecule has 24 heavy (non-hydrogen) atoms.